The first-order valence-corrected chi connectivity index (χ1v) is 7.48. The largest absolute Gasteiger partial charge is 0.496 e. The van der Waals surface area contributed by atoms with Crippen LogP contribution in [0.5, 0.6) is 11.5 Å². The summed E-state index contributed by atoms with van der Waals surface area (Å²) in [5.41, 5.74) is 1.02. The van der Waals surface area contributed by atoms with E-state index in [1.807, 2.05) is 6.07 Å². The van der Waals surface area contributed by atoms with E-state index in [2.05, 4.69) is 26.1 Å². The van der Waals surface area contributed by atoms with Gasteiger partial charge in [-0.25, -0.2) is 0 Å². The molecule has 1 rings (SSSR count). The topological polar surface area (TPSA) is 50.7 Å². The maximum Gasteiger partial charge on any atom is 0.141 e. The molecule has 0 saturated heterocycles. The number of halogens is 1. The minimum Gasteiger partial charge on any atom is -0.496 e. The number of benzene rings is 1. The summed E-state index contributed by atoms with van der Waals surface area (Å²) < 4.78 is 10.6. The van der Waals surface area contributed by atoms with Crippen molar-refractivity contribution < 1.29 is 14.6 Å². The monoisotopic (exact) mass is 315 g/mol. The first-order chi connectivity index (χ1) is 9.84. The van der Waals surface area contributed by atoms with E-state index in [-0.39, 0.29) is 18.1 Å². The number of aliphatic hydroxyl groups excluding tert-OH is 1. The zero-order valence-electron chi connectivity index (χ0n) is 13.5. The van der Waals surface area contributed by atoms with E-state index in [4.69, 9.17) is 26.2 Å². The van der Waals surface area contributed by atoms with E-state index in [0.717, 1.165) is 24.3 Å². The van der Waals surface area contributed by atoms with Crippen molar-refractivity contribution in [1.29, 1.82) is 0 Å². The van der Waals surface area contributed by atoms with E-state index in [0.29, 0.717) is 10.8 Å². The summed E-state index contributed by atoms with van der Waals surface area (Å²) in [6.07, 6.45) is 0.757. The number of methoxy groups -OCH3 is 2. The Hall–Kier alpha value is -0.970. The zero-order chi connectivity index (χ0) is 16.0. The minimum absolute atomic E-state index is 0.0342. The van der Waals surface area contributed by atoms with Crippen LogP contribution in [0.15, 0.2) is 12.1 Å². The van der Waals surface area contributed by atoms with Crippen LogP contribution in [0.25, 0.3) is 0 Å². The molecule has 120 valence electrons. The number of nitrogens with one attached hydrogen (secondary N) is 1. The Morgan fingerprint density at radius 2 is 1.86 bits per heavy atom. The van der Waals surface area contributed by atoms with Crippen molar-refractivity contribution in [1.82, 2.24) is 5.32 Å². The summed E-state index contributed by atoms with van der Waals surface area (Å²) in [5, 5.41) is 13.1. The van der Waals surface area contributed by atoms with Gasteiger partial charge in [-0.3, -0.25) is 0 Å². The van der Waals surface area contributed by atoms with Gasteiger partial charge in [-0.15, -0.1) is 0 Å². The number of ether oxygens (including phenoxy) is 2. The molecule has 0 amide bonds. The summed E-state index contributed by atoms with van der Waals surface area (Å²) in [4.78, 5) is 0. The van der Waals surface area contributed by atoms with E-state index in [9.17, 15) is 0 Å². The Morgan fingerprint density at radius 1 is 1.24 bits per heavy atom. The third kappa shape index (κ3) is 5.06. The molecule has 0 bridgehead atoms. The van der Waals surface area contributed by atoms with E-state index in [1.165, 1.54) is 0 Å². The molecule has 0 saturated carbocycles. The third-order valence-corrected chi connectivity index (χ3v) is 3.94. The van der Waals surface area contributed by atoms with Crippen LogP contribution in [0.4, 0.5) is 0 Å². The van der Waals surface area contributed by atoms with Crippen molar-refractivity contribution in [2.45, 2.75) is 33.2 Å². The molecule has 0 heterocycles. The molecule has 2 N–H and O–H groups in total. The van der Waals surface area contributed by atoms with Gasteiger partial charge < -0.3 is 19.9 Å². The lowest BCUT2D eigenvalue weighted by molar-refractivity contribution is 0.203. The predicted octanol–water partition coefficient (Wildman–Crippen LogP) is 3.42. The van der Waals surface area contributed by atoms with Crippen LogP contribution < -0.4 is 14.8 Å². The number of rotatable bonds is 8. The summed E-state index contributed by atoms with van der Waals surface area (Å²) in [5.74, 6) is 1.35. The maximum absolute atomic E-state index is 9.08. The van der Waals surface area contributed by atoms with Crippen LogP contribution in [0.2, 0.25) is 5.02 Å². The van der Waals surface area contributed by atoms with Crippen LogP contribution in [0, 0.1) is 5.41 Å². The highest BCUT2D eigenvalue weighted by atomic mass is 35.5. The zero-order valence-corrected chi connectivity index (χ0v) is 14.3. The lowest BCUT2D eigenvalue weighted by Crippen LogP contribution is -2.32. The summed E-state index contributed by atoms with van der Waals surface area (Å²) >= 11 is 6.20. The second-order valence-electron chi connectivity index (χ2n) is 5.97. The molecule has 0 aliphatic heterocycles. The SMILES string of the molecule is COc1cc(OC)c(C(C)NCC(C)(C)CCO)cc1Cl. The first kappa shape index (κ1) is 18.1. The Morgan fingerprint density at radius 3 is 2.38 bits per heavy atom. The molecule has 0 spiro atoms. The fourth-order valence-electron chi connectivity index (χ4n) is 2.15. The van der Waals surface area contributed by atoms with Crippen molar-refractivity contribution in [3.8, 4) is 11.5 Å². The van der Waals surface area contributed by atoms with Crippen LogP contribution in [-0.2, 0) is 0 Å². The van der Waals surface area contributed by atoms with Crippen molar-refractivity contribution >= 4 is 11.6 Å². The first-order valence-electron chi connectivity index (χ1n) is 7.10. The summed E-state index contributed by atoms with van der Waals surface area (Å²) in [6.45, 7) is 7.31. The molecule has 5 heteroatoms. The van der Waals surface area contributed by atoms with Crippen LogP contribution >= 0.6 is 11.6 Å². The molecule has 21 heavy (non-hydrogen) atoms. The Balaban J connectivity index is 2.87. The molecule has 1 aromatic rings. The van der Waals surface area contributed by atoms with E-state index < -0.39 is 0 Å². The highest BCUT2D eigenvalue weighted by Crippen LogP contribution is 2.35. The highest BCUT2D eigenvalue weighted by Gasteiger charge is 2.20. The van der Waals surface area contributed by atoms with Gasteiger partial charge in [0.1, 0.15) is 11.5 Å². The molecule has 0 fully saturated rings. The van der Waals surface area contributed by atoms with Gasteiger partial charge in [0.2, 0.25) is 0 Å². The summed E-state index contributed by atoms with van der Waals surface area (Å²) in [7, 11) is 3.22. The molecule has 4 nitrogen and oxygen atoms in total. The smallest absolute Gasteiger partial charge is 0.141 e. The fraction of sp³-hybridized carbons (Fsp3) is 0.625. The van der Waals surface area contributed by atoms with Crippen molar-refractivity contribution in [3.05, 3.63) is 22.7 Å². The van der Waals surface area contributed by atoms with Crippen molar-refractivity contribution in [2.24, 2.45) is 5.41 Å². The van der Waals surface area contributed by atoms with Gasteiger partial charge in [-0.05, 0) is 24.8 Å². The van der Waals surface area contributed by atoms with E-state index in [1.54, 1.807) is 20.3 Å². The second-order valence-corrected chi connectivity index (χ2v) is 6.38. The predicted molar refractivity (Wildman–Crippen MR) is 86.5 cm³/mol. The van der Waals surface area contributed by atoms with Crippen molar-refractivity contribution in [3.63, 3.8) is 0 Å². The van der Waals surface area contributed by atoms with Gasteiger partial charge in [-0.2, -0.15) is 0 Å². The van der Waals surface area contributed by atoms with Crippen molar-refractivity contribution in [2.75, 3.05) is 27.4 Å². The number of aliphatic hydroxyl groups is 1. The van der Waals surface area contributed by atoms with Gasteiger partial charge in [0.05, 0.1) is 19.2 Å². The average Bonchev–Trinajstić information content (AvgIpc) is 2.44. The Kier molecular flexibility index (Phi) is 6.78. The fourth-order valence-corrected chi connectivity index (χ4v) is 2.40. The second kappa shape index (κ2) is 7.87. The minimum atomic E-state index is 0.0342. The Labute approximate surface area is 132 Å². The molecule has 0 radical (unpaired) electrons. The Bertz CT molecular complexity index is 463. The maximum atomic E-state index is 9.08. The number of hydrogen-bond donors (Lipinski definition) is 2. The molecule has 1 aromatic carbocycles. The lowest BCUT2D eigenvalue weighted by Gasteiger charge is -2.27. The molecular weight excluding hydrogens is 290 g/mol. The normalized spacial score (nSPS) is 13.1. The number of hydrogen-bond acceptors (Lipinski definition) is 4. The van der Waals surface area contributed by atoms with Gasteiger partial charge in [0.15, 0.2) is 0 Å². The molecule has 0 aromatic heterocycles. The molecule has 1 unspecified atom stereocenters. The van der Waals surface area contributed by atoms with Gasteiger partial charge in [0.25, 0.3) is 0 Å². The molecule has 0 aliphatic carbocycles. The quantitative estimate of drug-likeness (QED) is 0.772. The van der Waals surface area contributed by atoms with Gasteiger partial charge >= 0.3 is 0 Å². The average molecular weight is 316 g/mol. The molecule has 0 aliphatic rings. The molecule has 1 atom stereocenters. The molecular formula is C16H26ClNO3. The van der Waals surface area contributed by atoms with Gasteiger partial charge in [-0.1, -0.05) is 25.4 Å². The summed E-state index contributed by atoms with van der Waals surface area (Å²) in [6, 6.07) is 3.76. The van der Waals surface area contributed by atoms with Gasteiger partial charge in [0, 0.05) is 30.8 Å². The third-order valence-electron chi connectivity index (χ3n) is 3.65. The van der Waals surface area contributed by atoms with E-state index >= 15 is 0 Å². The lowest BCUT2D eigenvalue weighted by atomic mass is 9.89. The van der Waals surface area contributed by atoms with Crippen LogP contribution in [0.1, 0.15) is 38.8 Å². The van der Waals surface area contributed by atoms with Crippen LogP contribution in [-0.4, -0.2) is 32.5 Å². The highest BCUT2D eigenvalue weighted by molar-refractivity contribution is 6.32. The standard InChI is InChI=1S/C16H26ClNO3/c1-11(18-10-16(2,3)6-7-19)12-8-13(17)15(21-5)9-14(12)20-4/h8-9,11,18-19H,6-7,10H2,1-5H3. The van der Waals surface area contributed by atoms with Crippen LogP contribution in [0.3, 0.4) is 0 Å².